The van der Waals surface area contributed by atoms with Gasteiger partial charge in [-0.05, 0) is 31.7 Å². The molecule has 104 valence electrons. The Balaban J connectivity index is 1.99. The van der Waals surface area contributed by atoms with Crippen molar-refractivity contribution in [2.24, 2.45) is 5.73 Å². The Bertz CT molecular complexity index is 396. The summed E-state index contributed by atoms with van der Waals surface area (Å²) in [5.74, 6) is 0.0998. The van der Waals surface area contributed by atoms with Crippen LogP contribution in [0, 0.1) is 0 Å². The molecule has 3 nitrogen and oxygen atoms in total. The zero-order valence-electron chi connectivity index (χ0n) is 11.7. The second-order valence-corrected chi connectivity index (χ2v) is 5.49. The first-order chi connectivity index (χ1) is 9.18. The van der Waals surface area contributed by atoms with Crippen LogP contribution in [0.1, 0.15) is 38.2 Å². The molecule has 0 heterocycles. The van der Waals surface area contributed by atoms with E-state index in [0.29, 0.717) is 6.04 Å². The number of nitrogens with two attached hydrogens (primary N) is 1. The fourth-order valence-electron chi connectivity index (χ4n) is 2.84. The second kappa shape index (κ2) is 6.71. The van der Waals surface area contributed by atoms with Gasteiger partial charge in [-0.25, -0.2) is 0 Å². The summed E-state index contributed by atoms with van der Waals surface area (Å²) in [5, 5.41) is 0. The predicted octanol–water partition coefficient (Wildman–Crippen LogP) is 2.35. The average Bonchev–Trinajstić information content (AvgIpc) is 2.94. The van der Waals surface area contributed by atoms with E-state index in [1.165, 1.54) is 18.4 Å². The minimum absolute atomic E-state index is 0.0998. The van der Waals surface area contributed by atoms with E-state index in [1.807, 2.05) is 23.1 Å². The SMILES string of the molecule is C[C@@H](N)C(=O)N(CCc1ccccc1)C1CCCC1. The van der Waals surface area contributed by atoms with Gasteiger partial charge < -0.3 is 10.6 Å². The van der Waals surface area contributed by atoms with Crippen molar-refractivity contribution in [1.82, 2.24) is 4.90 Å². The number of carbonyl (C=O) groups is 1. The number of hydrogen-bond donors (Lipinski definition) is 1. The molecule has 3 heteroatoms. The van der Waals surface area contributed by atoms with Crippen LogP contribution in [0.25, 0.3) is 0 Å². The van der Waals surface area contributed by atoms with Gasteiger partial charge in [0.2, 0.25) is 5.91 Å². The number of nitrogens with zero attached hydrogens (tertiary/aromatic N) is 1. The van der Waals surface area contributed by atoms with E-state index in [1.54, 1.807) is 6.92 Å². The molecule has 1 aromatic carbocycles. The molecule has 0 bridgehead atoms. The molecule has 2 N–H and O–H groups in total. The lowest BCUT2D eigenvalue weighted by Crippen LogP contribution is -2.47. The highest BCUT2D eigenvalue weighted by Crippen LogP contribution is 2.24. The Morgan fingerprint density at radius 1 is 1.32 bits per heavy atom. The number of benzene rings is 1. The van der Waals surface area contributed by atoms with Crippen LogP contribution in [0.5, 0.6) is 0 Å². The molecule has 1 aliphatic rings. The van der Waals surface area contributed by atoms with E-state index in [0.717, 1.165) is 25.8 Å². The van der Waals surface area contributed by atoms with Crippen LogP contribution in [-0.4, -0.2) is 29.4 Å². The summed E-state index contributed by atoms with van der Waals surface area (Å²) < 4.78 is 0. The Morgan fingerprint density at radius 2 is 1.95 bits per heavy atom. The molecule has 1 aromatic rings. The van der Waals surface area contributed by atoms with Crippen molar-refractivity contribution in [3.63, 3.8) is 0 Å². The molecule has 1 atom stereocenters. The molecule has 1 fully saturated rings. The normalized spacial score (nSPS) is 17.4. The van der Waals surface area contributed by atoms with Crippen LogP contribution in [0.4, 0.5) is 0 Å². The van der Waals surface area contributed by atoms with Gasteiger partial charge in [0.25, 0.3) is 0 Å². The first-order valence-corrected chi connectivity index (χ1v) is 7.28. The van der Waals surface area contributed by atoms with Crippen LogP contribution in [-0.2, 0) is 11.2 Å². The van der Waals surface area contributed by atoms with Gasteiger partial charge in [0.1, 0.15) is 0 Å². The summed E-state index contributed by atoms with van der Waals surface area (Å²) in [4.78, 5) is 14.3. The lowest BCUT2D eigenvalue weighted by atomic mass is 10.1. The fraction of sp³-hybridized carbons (Fsp3) is 0.562. The molecular weight excluding hydrogens is 236 g/mol. The van der Waals surface area contributed by atoms with Crippen LogP contribution >= 0.6 is 0 Å². The van der Waals surface area contributed by atoms with Crippen molar-refractivity contribution in [2.45, 2.75) is 51.1 Å². The van der Waals surface area contributed by atoms with Gasteiger partial charge in [0, 0.05) is 12.6 Å². The monoisotopic (exact) mass is 260 g/mol. The van der Waals surface area contributed by atoms with Crippen LogP contribution in [0.2, 0.25) is 0 Å². The van der Waals surface area contributed by atoms with E-state index >= 15 is 0 Å². The highest BCUT2D eigenvalue weighted by Gasteiger charge is 2.27. The van der Waals surface area contributed by atoms with E-state index < -0.39 is 6.04 Å². The maximum atomic E-state index is 12.3. The first kappa shape index (κ1) is 14.1. The standard InChI is InChI=1S/C16H24N2O/c1-13(17)16(19)18(15-9-5-6-10-15)12-11-14-7-3-2-4-8-14/h2-4,7-8,13,15H,5-6,9-12,17H2,1H3/t13-/m1/s1. The summed E-state index contributed by atoms with van der Waals surface area (Å²) in [6.07, 6.45) is 5.65. The van der Waals surface area contributed by atoms with Crippen LogP contribution in [0.3, 0.4) is 0 Å². The van der Waals surface area contributed by atoms with Gasteiger partial charge >= 0.3 is 0 Å². The first-order valence-electron chi connectivity index (χ1n) is 7.28. The summed E-state index contributed by atoms with van der Waals surface area (Å²) in [6.45, 7) is 2.57. The quantitative estimate of drug-likeness (QED) is 0.883. The van der Waals surface area contributed by atoms with Crippen molar-refractivity contribution in [1.29, 1.82) is 0 Å². The zero-order chi connectivity index (χ0) is 13.7. The number of amides is 1. The smallest absolute Gasteiger partial charge is 0.239 e. The van der Waals surface area contributed by atoms with Crippen molar-refractivity contribution in [3.05, 3.63) is 35.9 Å². The molecule has 0 radical (unpaired) electrons. The van der Waals surface area contributed by atoms with Crippen molar-refractivity contribution < 1.29 is 4.79 Å². The fourth-order valence-corrected chi connectivity index (χ4v) is 2.84. The largest absolute Gasteiger partial charge is 0.338 e. The van der Waals surface area contributed by atoms with Gasteiger partial charge in [-0.15, -0.1) is 0 Å². The summed E-state index contributed by atoms with van der Waals surface area (Å²) in [5.41, 5.74) is 7.06. The lowest BCUT2D eigenvalue weighted by Gasteiger charge is -2.30. The highest BCUT2D eigenvalue weighted by molar-refractivity contribution is 5.81. The Labute approximate surface area is 115 Å². The number of hydrogen-bond acceptors (Lipinski definition) is 2. The van der Waals surface area contributed by atoms with E-state index in [2.05, 4.69) is 12.1 Å². The van der Waals surface area contributed by atoms with Gasteiger partial charge in [-0.2, -0.15) is 0 Å². The molecule has 19 heavy (non-hydrogen) atoms. The molecule has 0 saturated heterocycles. The van der Waals surface area contributed by atoms with Gasteiger partial charge in [0.05, 0.1) is 6.04 Å². The Hall–Kier alpha value is -1.35. The maximum Gasteiger partial charge on any atom is 0.239 e. The molecule has 0 spiro atoms. The summed E-state index contributed by atoms with van der Waals surface area (Å²) in [7, 11) is 0. The molecule has 1 aliphatic carbocycles. The zero-order valence-corrected chi connectivity index (χ0v) is 11.7. The molecule has 0 aliphatic heterocycles. The molecule has 1 amide bonds. The lowest BCUT2D eigenvalue weighted by molar-refractivity contribution is -0.134. The van der Waals surface area contributed by atoms with Gasteiger partial charge in [-0.3, -0.25) is 4.79 Å². The molecular formula is C16H24N2O. The Kier molecular flexibility index (Phi) is 4.97. The maximum absolute atomic E-state index is 12.3. The second-order valence-electron chi connectivity index (χ2n) is 5.49. The third-order valence-electron chi connectivity index (χ3n) is 3.92. The topological polar surface area (TPSA) is 46.3 Å². The van der Waals surface area contributed by atoms with Crippen LogP contribution in [0.15, 0.2) is 30.3 Å². The highest BCUT2D eigenvalue weighted by atomic mass is 16.2. The molecule has 1 saturated carbocycles. The number of carbonyl (C=O) groups excluding carboxylic acids is 1. The molecule has 2 rings (SSSR count). The summed E-state index contributed by atoms with van der Waals surface area (Å²) in [6, 6.07) is 10.3. The Morgan fingerprint density at radius 3 is 2.53 bits per heavy atom. The molecule has 0 unspecified atom stereocenters. The van der Waals surface area contributed by atoms with Gasteiger partial charge in [-0.1, -0.05) is 43.2 Å². The molecule has 0 aromatic heterocycles. The van der Waals surface area contributed by atoms with Crippen molar-refractivity contribution in [3.8, 4) is 0 Å². The van der Waals surface area contributed by atoms with Gasteiger partial charge in [0.15, 0.2) is 0 Å². The third kappa shape index (κ3) is 3.80. The van der Waals surface area contributed by atoms with E-state index in [-0.39, 0.29) is 5.91 Å². The predicted molar refractivity (Wildman–Crippen MR) is 77.8 cm³/mol. The van der Waals surface area contributed by atoms with E-state index in [4.69, 9.17) is 5.73 Å². The average molecular weight is 260 g/mol. The summed E-state index contributed by atoms with van der Waals surface area (Å²) >= 11 is 0. The third-order valence-corrected chi connectivity index (χ3v) is 3.92. The van der Waals surface area contributed by atoms with Crippen molar-refractivity contribution in [2.75, 3.05) is 6.54 Å². The van der Waals surface area contributed by atoms with Crippen molar-refractivity contribution >= 4 is 5.91 Å². The minimum atomic E-state index is -0.392. The van der Waals surface area contributed by atoms with Crippen LogP contribution < -0.4 is 5.73 Å². The number of rotatable bonds is 5. The minimum Gasteiger partial charge on any atom is -0.338 e. The van der Waals surface area contributed by atoms with E-state index in [9.17, 15) is 4.79 Å².